The van der Waals surface area contributed by atoms with Crippen LogP contribution in [0, 0.1) is 5.92 Å². The largest absolute Gasteiger partial charge is 0.481 e. The van der Waals surface area contributed by atoms with Crippen LogP contribution in [0.2, 0.25) is 0 Å². The van der Waals surface area contributed by atoms with E-state index in [2.05, 4.69) is 25.7 Å². The molecule has 0 aromatic heterocycles. The highest BCUT2D eigenvalue weighted by Crippen LogP contribution is 2.18. The summed E-state index contributed by atoms with van der Waals surface area (Å²) in [5.74, 6) is -1.88. The summed E-state index contributed by atoms with van der Waals surface area (Å²) >= 11 is 0. The molecule has 4 nitrogen and oxygen atoms in total. The van der Waals surface area contributed by atoms with E-state index in [1.807, 2.05) is 0 Å². The van der Waals surface area contributed by atoms with Gasteiger partial charge in [0.15, 0.2) is 0 Å². The van der Waals surface area contributed by atoms with Crippen LogP contribution >= 0.6 is 0 Å². The average molecular weight is 521 g/mol. The van der Waals surface area contributed by atoms with E-state index in [1.54, 1.807) is 0 Å². The lowest BCUT2D eigenvalue weighted by molar-refractivity contribution is -0.152. The number of carboxylic acids is 1. The van der Waals surface area contributed by atoms with Crippen molar-refractivity contribution in [2.45, 2.75) is 161 Å². The molecule has 37 heavy (non-hydrogen) atoms. The Labute approximate surface area is 229 Å². The quantitative estimate of drug-likeness (QED) is 0.0605. The van der Waals surface area contributed by atoms with Gasteiger partial charge in [0.25, 0.3) is 0 Å². The number of aliphatic carboxylic acids is 1. The molecule has 216 valence electrons. The summed E-state index contributed by atoms with van der Waals surface area (Å²) in [6.45, 7) is 5.94. The van der Waals surface area contributed by atoms with Crippen molar-refractivity contribution in [1.29, 1.82) is 0 Å². The number of rotatable bonds is 29. The number of esters is 1. The van der Waals surface area contributed by atoms with E-state index in [9.17, 15) is 9.59 Å². The predicted molar refractivity (Wildman–Crippen MR) is 158 cm³/mol. The molecule has 0 heterocycles. The fraction of sp³-hybridized carbons (Fsp3) is 0.818. The third-order valence-electron chi connectivity index (χ3n) is 7.16. The van der Waals surface area contributed by atoms with E-state index >= 15 is 0 Å². The van der Waals surface area contributed by atoms with Crippen LogP contribution in [0.1, 0.15) is 161 Å². The van der Waals surface area contributed by atoms with Crippen molar-refractivity contribution in [3.63, 3.8) is 0 Å². The fourth-order valence-electron chi connectivity index (χ4n) is 4.83. The van der Waals surface area contributed by atoms with Crippen molar-refractivity contribution in [3.8, 4) is 0 Å². The lowest BCUT2D eigenvalue weighted by atomic mass is 9.97. The normalized spacial score (nSPS) is 12.1. The molecule has 0 aromatic carbocycles. The van der Waals surface area contributed by atoms with E-state index in [0.29, 0.717) is 6.42 Å². The van der Waals surface area contributed by atoms with Crippen LogP contribution in [-0.4, -0.2) is 23.7 Å². The Morgan fingerprint density at radius 2 is 1.08 bits per heavy atom. The van der Waals surface area contributed by atoms with Crippen molar-refractivity contribution in [2.24, 2.45) is 5.92 Å². The van der Waals surface area contributed by atoms with Gasteiger partial charge in [-0.15, -0.1) is 0 Å². The van der Waals surface area contributed by atoms with Gasteiger partial charge in [-0.1, -0.05) is 147 Å². The highest BCUT2D eigenvalue weighted by molar-refractivity contribution is 5.79. The van der Waals surface area contributed by atoms with Gasteiger partial charge in [-0.2, -0.15) is 0 Å². The van der Waals surface area contributed by atoms with Crippen molar-refractivity contribution < 1.29 is 19.4 Å². The minimum Gasteiger partial charge on any atom is -0.481 e. The van der Waals surface area contributed by atoms with Gasteiger partial charge in [-0.05, 0) is 32.1 Å². The number of hydrogen-bond donors (Lipinski definition) is 1. The molecule has 1 unspecified atom stereocenters. The molecule has 1 atom stereocenters. The zero-order valence-electron chi connectivity index (χ0n) is 24.4. The monoisotopic (exact) mass is 520 g/mol. The van der Waals surface area contributed by atoms with Gasteiger partial charge in [0, 0.05) is 0 Å². The molecule has 0 aromatic rings. The van der Waals surface area contributed by atoms with Crippen LogP contribution in [-0.2, 0) is 14.3 Å². The summed E-state index contributed by atoms with van der Waals surface area (Å²) in [6, 6.07) is 0. The first-order valence-electron chi connectivity index (χ1n) is 15.8. The molecule has 0 radical (unpaired) electrons. The molecule has 0 aliphatic rings. The van der Waals surface area contributed by atoms with Gasteiger partial charge in [0.05, 0.1) is 12.3 Å². The third-order valence-corrected chi connectivity index (χ3v) is 7.16. The van der Waals surface area contributed by atoms with Crippen LogP contribution < -0.4 is 0 Å². The molecule has 0 amide bonds. The maximum absolute atomic E-state index is 12.0. The van der Waals surface area contributed by atoms with Crippen LogP contribution in [0.25, 0.3) is 0 Å². The molecular formula is C33H60O4. The Kier molecular flexibility index (Phi) is 27.7. The van der Waals surface area contributed by atoms with Crippen molar-refractivity contribution in [2.75, 3.05) is 6.61 Å². The van der Waals surface area contributed by atoms with Crippen LogP contribution in [0.4, 0.5) is 0 Å². The van der Waals surface area contributed by atoms with Gasteiger partial charge in [0.1, 0.15) is 6.61 Å². The minimum absolute atomic E-state index is 0.145. The molecule has 0 aliphatic carbocycles. The molecule has 0 rings (SSSR count). The van der Waals surface area contributed by atoms with Gasteiger partial charge in [-0.3, -0.25) is 9.59 Å². The molecule has 0 bridgehead atoms. The van der Waals surface area contributed by atoms with Crippen molar-refractivity contribution in [1.82, 2.24) is 0 Å². The Hall–Kier alpha value is -1.58. The number of unbranched alkanes of at least 4 members (excludes halogenated alkanes) is 20. The summed E-state index contributed by atoms with van der Waals surface area (Å²) in [6.07, 6.45) is 35.6. The SMILES string of the molecule is C=CCOC(=O)C(CCCCCCCCCCCCCCCC/C=C/CCCCCCCC)CC(=O)O. The highest BCUT2D eigenvalue weighted by Gasteiger charge is 2.22. The van der Waals surface area contributed by atoms with Crippen LogP contribution in [0.5, 0.6) is 0 Å². The summed E-state index contributed by atoms with van der Waals surface area (Å²) in [5.41, 5.74) is 0. The Morgan fingerprint density at radius 1 is 0.676 bits per heavy atom. The van der Waals surface area contributed by atoms with Crippen molar-refractivity contribution >= 4 is 11.9 Å². The second-order valence-electron chi connectivity index (χ2n) is 10.8. The summed E-state index contributed by atoms with van der Waals surface area (Å²) < 4.78 is 5.04. The van der Waals surface area contributed by atoms with E-state index < -0.39 is 17.9 Å². The Morgan fingerprint density at radius 3 is 1.49 bits per heavy atom. The lowest BCUT2D eigenvalue weighted by Crippen LogP contribution is -2.21. The third kappa shape index (κ3) is 27.3. The van der Waals surface area contributed by atoms with Crippen LogP contribution in [0.15, 0.2) is 24.8 Å². The van der Waals surface area contributed by atoms with Gasteiger partial charge in [0.2, 0.25) is 0 Å². The molecular weight excluding hydrogens is 460 g/mol. The van der Waals surface area contributed by atoms with Gasteiger partial charge < -0.3 is 9.84 Å². The Bertz CT molecular complexity index is 555. The van der Waals surface area contributed by atoms with E-state index in [0.717, 1.165) is 19.3 Å². The Balaban J connectivity index is 3.38. The van der Waals surface area contributed by atoms with Crippen molar-refractivity contribution in [3.05, 3.63) is 24.8 Å². The number of hydrogen-bond acceptors (Lipinski definition) is 3. The number of carbonyl (C=O) groups excluding carboxylic acids is 1. The molecule has 4 heteroatoms. The van der Waals surface area contributed by atoms with E-state index in [1.165, 1.54) is 128 Å². The minimum atomic E-state index is -0.942. The molecule has 0 spiro atoms. The number of carboxylic acid groups (broad SMARTS) is 1. The summed E-state index contributed by atoms with van der Waals surface area (Å²) in [7, 11) is 0. The topological polar surface area (TPSA) is 63.6 Å². The zero-order valence-corrected chi connectivity index (χ0v) is 24.4. The first kappa shape index (κ1) is 35.4. The lowest BCUT2D eigenvalue weighted by Gasteiger charge is -2.13. The molecule has 1 N–H and O–H groups in total. The average Bonchev–Trinajstić information content (AvgIpc) is 2.88. The second-order valence-corrected chi connectivity index (χ2v) is 10.8. The number of carbonyl (C=O) groups is 2. The predicted octanol–water partition coefficient (Wildman–Crippen LogP) is 10.4. The first-order valence-corrected chi connectivity index (χ1v) is 15.8. The molecule has 0 saturated carbocycles. The molecule has 0 aliphatic heterocycles. The summed E-state index contributed by atoms with van der Waals surface area (Å²) in [5, 5.41) is 9.02. The maximum atomic E-state index is 12.0. The number of allylic oxidation sites excluding steroid dienone is 2. The van der Waals surface area contributed by atoms with Crippen LogP contribution in [0.3, 0.4) is 0 Å². The van der Waals surface area contributed by atoms with Gasteiger partial charge in [-0.25, -0.2) is 0 Å². The van der Waals surface area contributed by atoms with Gasteiger partial charge >= 0.3 is 11.9 Å². The van der Waals surface area contributed by atoms with E-state index in [4.69, 9.17) is 9.84 Å². The first-order chi connectivity index (χ1) is 18.1. The standard InChI is InChI=1S/C33H60O4/c1-3-5-6-7-8-9-10-11-12-13-14-15-16-17-18-19-20-21-22-23-24-25-26-27-28-31(30-32(34)35)33(36)37-29-4-2/h4,11-12,31H,2-3,5-10,13-30H2,1H3,(H,34,35)/b12-11+. The molecule has 0 saturated heterocycles. The molecule has 0 fully saturated rings. The zero-order chi connectivity index (χ0) is 27.2. The fourth-order valence-corrected chi connectivity index (χ4v) is 4.83. The van der Waals surface area contributed by atoms with E-state index in [-0.39, 0.29) is 13.0 Å². The summed E-state index contributed by atoms with van der Waals surface area (Å²) in [4.78, 5) is 23.0. The second kappa shape index (κ2) is 29.0. The smallest absolute Gasteiger partial charge is 0.309 e. The number of ether oxygens (including phenoxy) is 1. The maximum Gasteiger partial charge on any atom is 0.309 e. The highest BCUT2D eigenvalue weighted by atomic mass is 16.5.